The molecule has 1 aromatic carbocycles. The molecule has 0 N–H and O–H groups in total. The van der Waals surface area contributed by atoms with Crippen LogP contribution >= 0.6 is 11.6 Å². The number of rotatable bonds is 3. The van der Waals surface area contributed by atoms with Crippen LogP contribution in [-0.2, 0) is 11.2 Å². The third-order valence-corrected chi connectivity index (χ3v) is 5.49. The van der Waals surface area contributed by atoms with Gasteiger partial charge in [-0.1, -0.05) is 23.7 Å². The normalized spacial score (nSPS) is 23.9. The lowest BCUT2D eigenvalue weighted by Gasteiger charge is -2.32. The second-order valence-corrected chi connectivity index (χ2v) is 7.27. The molecule has 0 bridgehead atoms. The highest BCUT2D eigenvalue weighted by molar-refractivity contribution is 6.30. The molecule has 2 saturated heterocycles. The molecule has 3 nitrogen and oxygen atoms in total. The second-order valence-electron chi connectivity index (χ2n) is 6.84. The quantitative estimate of drug-likeness (QED) is 0.854. The summed E-state index contributed by atoms with van der Waals surface area (Å²) < 4.78 is 0. The predicted octanol–water partition coefficient (Wildman–Crippen LogP) is 3.07. The minimum Gasteiger partial charge on any atom is -0.342 e. The van der Waals surface area contributed by atoms with Gasteiger partial charge in [-0.05, 0) is 68.9 Å². The Balaban J connectivity index is 1.52. The van der Waals surface area contributed by atoms with E-state index in [0.717, 1.165) is 24.6 Å². The van der Waals surface area contributed by atoms with Gasteiger partial charge < -0.3 is 9.80 Å². The lowest BCUT2D eigenvalue weighted by atomic mass is 9.84. The standard InChI is InChI=1S/C18H25ClN2O/c1-20-8-5-15(6-9-20)16-7-10-21(13-16)18(22)12-14-3-2-4-17(19)11-14/h2-4,11,15-16H,5-10,12-13H2,1H3. The number of amides is 1. The van der Waals surface area contributed by atoms with Crippen molar-refractivity contribution in [3.8, 4) is 0 Å². The van der Waals surface area contributed by atoms with Gasteiger partial charge in [0.1, 0.15) is 0 Å². The zero-order valence-corrected chi connectivity index (χ0v) is 14.1. The molecule has 3 rings (SSSR count). The number of carbonyl (C=O) groups excluding carboxylic acids is 1. The zero-order chi connectivity index (χ0) is 15.5. The van der Waals surface area contributed by atoms with Gasteiger partial charge in [0.2, 0.25) is 5.91 Å². The number of halogens is 1. The van der Waals surface area contributed by atoms with E-state index in [1.54, 1.807) is 0 Å². The average Bonchev–Trinajstić information content (AvgIpc) is 2.98. The molecular weight excluding hydrogens is 296 g/mol. The number of benzene rings is 1. The van der Waals surface area contributed by atoms with Crippen molar-refractivity contribution in [1.29, 1.82) is 0 Å². The van der Waals surface area contributed by atoms with E-state index in [2.05, 4.69) is 16.8 Å². The smallest absolute Gasteiger partial charge is 0.226 e. The van der Waals surface area contributed by atoms with Crippen LogP contribution in [0.2, 0.25) is 5.02 Å². The van der Waals surface area contributed by atoms with E-state index in [1.165, 1.54) is 32.4 Å². The first-order valence-electron chi connectivity index (χ1n) is 8.32. The van der Waals surface area contributed by atoms with Crippen molar-refractivity contribution in [3.63, 3.8) is 0 Å². The fourth-order valence-corrected chi connectivity index (χ4v) is 4.04. The van der Waals surface area contributed by atoms with Crippen LogP contribution in [0.1, 0.15) is 24.8 Å². The number of likely N-dealkylation sites (tertiary alicyclic amines) is 2. The molecule has 22 heavy (non-hydrogen) atoms. The van der Waals surface area contributed by atoms with Crippen LogP contribution in [0.25, 0.3) is 0 Å². The molecule has 4 heteroatoms. The average molecular weight is 321 g/mol. The molecule has 2 fully saturated rings. The molecule has 0 aliphatic carbocycles. The van der Waals surface area contributed by atoms with Gasteiger partial charge in [-0.25, -0.2) is 0 Å². The van der Waals surface area contributed by atoms with Crippen LogP contribution in [0, 0.1) is 11.8 Å². The van der Waals surface area contributed by atoms with Crippen LogP contribution in [0.4, 0.5) is 0 Å². The van der Waals surface area contributed by atoms with Crippen LogP contribution in [0.3, 0.4) is 0 Å². The summed E-state index contributed by atoms with van der Waals surface area (Å²) in [5.41, 5.74) is 1.01. The molecule has 0 spiro atoms. The van der Waals surface area contributed by atoms with E-state index in [-0.39, 0.29) is 5.91 Å². The van der Waals surface area contributed by atoms with Gasteiger partial charge in [0.15, 0.2) is 0 Å². The first-order valence-corrected chi connectivity index (χ1v) is 8.70. The summed E-state index contributed by atoms with van der Waals surface area (Å²) in [6.07, 6.45) is 4.23. The molecule has 2 aliphatic heterocycles. The highest BCUT2D eigenvalue weighted by Crippen LogP contribution is 2.31. The molecule has 1 atom stereocenters. The highest BCUT2D eigenvalue weighted by atomic mass is 35.5. The van der Waals surface area contributed by atoms with E-state index in [4.69, 9.17) is 11.6 Å². The predicted molar refractivity (Wildman–Crippen MR) is 90.1 cm³/mol. The number of nitrogens with zero attached hydrogens (tertiary/aromatic N) is 2. The van der Waals surface area contributed by atoms with Crippen molar-refractivity contribution >= 4 is 17.5 Å². The Morgan fingerprint density at radius 2 is 1.91 bits per heavy atom. The summed E-state index contributed by atoms with van der Waals surface area (Å²) in [7, 11) is 2.20. The van der Waals surface area contributed by atoms with Crippen molar-refractivity contribution in [3.05, 3.63) is 34.9 Å². The van der Waals surface area contributed by atoms with Crippen LogP contribution < -0.4 is 0 Å². The van der Waals surface area contributed by atoms with E-state index in [1.807, 2.05) is 24.3 Å². The summed E-state index contributed by atoms with van der Waals surface area (Å²) >= 11 is 6.00. The highest BCUT2D eigenvalue weighted by Gasteiger charge is 2.32. The summed E-state index contributed by atoms with van der Waals surface area (Å²) in [5, 5.41) is 0.705. The fourth-order valence-electron chi connectivity index (χ4n) is 3.83. The van der Waals surface area contributed by atoms with Gasteiger partial charge in [0, 0.05) is 18.1 Å². The zero-order valence-electron chi connectivity index (χ0n) is 13.3. The maximum Gasteiger partial charge on any atom is 0.226 e. The van der Waals surface area contributed by atoms with Gasteiger partial charge in [-0.3, -0.25) is 4.79 Å². The van der Waals surface area contributed by atoms with Gasteiger partial charge in [-0.2, -0.15) is 0 Å². The largest absolute Gasteiger partial charge is 0.342 e. The minimum atomic E-state index is 0.248. The van der Waals surface area contributed by atoms with E-state index in [0.29, 0.717) is 17.4 Å². The summed E-state index contributed by atoms with van der Waals surface area (Å²) in [6.45, 7) is 4.29. The third kappa shape index (κ3) is 3.82. The molecule has 0 saturated carbocycles. The van der Waals surface area contributed by atoms with Gasteiger partial charge in [0.05, 0.1) is 6.42 Å². The fraction of sp³-hybridized carbons (Fsp3) is 0.611. The maximum absolute atomic E-state index is 12.5. The number of hydrogen-bond acceptors (Lipinski definition) is 2. The van der Waals surface area contributed by atoms with Crippen molar-refractivity contribution < 1.29 is 4.79 Å². The topological polar surface area (TPSA) is 23.6 Å². The van der Waals surface area contributed by atoms with Crippen molar-refractivity contribution in [2.45, 2.75) is 25.7 Å². The second kappa shape index (κ2) is 7.01. The van der Waals surface area contributed by atoms with Crippen LogP contribution in [0.5, 0.6) is 0 Å². The Kier molecular flexibility index (Phi) is 5.04. The van der Waals surface area contributed by atoms with Crippen LogP contribution in [-0.4, -0.2) is 48.9 Å². The SMILES string of the molecule is CN1CCC(C2CCN(C(=O)Cc3cccc(Cl)c3)C2)CC1. The van der Waals surface area contributed by atoms with Crippen LogP contribution in [0.15, 0.2) is 24.3 Å². The van der Waals surface area contributed by atoms with Crippen molar-refractivity contribution in [2.75, 3.05) is 33.2 Å². The molecule has 1 amide bonds. The lowest BCUT2D eigenvalue weighted by molar-refractivity contribution is -0.129. The Morgan fingerprint density at radius 3 is 2.64 bits per heavy atom. The third-order valence-electron chi connectivity index (χ3n) is 5.25. The maximum atomic E-state index is 12.5. The molecule has 1 aromatic rings. The first kappa shape index (κ1) is 15.8. The Morgan fingerprint density at radius 1 is 1.18 bits per heavy atom. The number of hydrogen-bond donors (Lipinski definition) is 0. The van der Waals surface area contributed by atoms with Gasteiger partial charge in [-0.15, -0.1) is 0 Å². The molecule has 0 aromatic heterocycles. The van der Waals surface area contributed by atoms with Gasteiger partial charge >= 0.3 is 0 Å². The molecule has 1 unspecified atom stereocenters. The van der Waals surface area contributed by atoms with Gasteiger partial charge in [0.25, 0.3) is 0 Å². The number of carbonyl (C=O) groups is 1. The molecule has 120 valence electrons. The monoisotopic (exact) mass is 320 g/mol. The summed E-state index contributed by atoms with van der Waals surface area (Å²) in [6, 6.07) is 7.63. The molecule has 2 aliphatic rings. The Labute approximate surface area is 138 Å². The minimum absolute atomic E-state index is 0.248. The molecule has 2 heterocycles. The van der Waals surface area contributed by atoms with E-state index in [9.17, 15) is 4.79 Å². The molecule has 0 radical (unpaired) electrons. The summed E-state index contributed by atoms with van der Waals surface area (Å²) in [5.74, 6) is 1.76. The van der Waals surface area contributed by atoms with E-state index < -0.39 is 0 Å². The molecular formula is C18H25ClN2O. The lowest BCUT2D eigenvalue weighted by Crippen LogP contribution is -2.35. The number of piperidine rings is 1. The van der Waals surface area contributed by atoms with E-state index >= 15 is 0 Å². The summed E-state index contributed by atoms with van der Waals surface area (Å²) in [4.78, 5) is 17.0. The van der Waals surface area contributed by atoms with Crippen molar-refractivity contribution in [1.82, 2.24) is 9.80 Å². The first-order chi connectivity index (χ1) is 10.6. The van der Waals surface area contributed by atoms with Crippen molar-refractivity contribution in [2.24, 2.45) is 11.8 Å². The Hall–Kier alpha value is -1.06. The Bertz CT molecular complexity index is 526.